The zero-order valence-electron chi connectivity index (χ0n) is 13.7. The molecule has 0 bridgehead atoms. The molecule has 5 heteroatoms. The number of fused-ring (bicyclic) bond motifs is 1. The third kappa shape index (κ3) is 2.79. The van der Waals surface area contributed by atoms with Crippen molar-refractivity contribution in [2.24, 2.45) is 5.73 Å². The molecule has 1 aromatic rings. The number of hydrogen-bond acceptors (Lipinski definition) is 2. The monoisotopic (exact) mass is 399 g/mol. The van der Waals surface area contributed by atoms with Gasteiger partial charge in [0.15, 0.2) is 0 Å². The van der Waals surface area contributed by atoms with E-state index >= 15 is 0 Å². The normalized spacial score (nSPS) is 34.2. The number of hydrogen-bond donors (Lipinski definition) is 1. The van der Waals surface area contributed by atoms with E-state index in [2.05, 4.69) is 18.2 Å². The number of benzene rings is 1. The van der Waals surface area contributed by atoms with Crippen LogP contribution in [0.3, 0.4) is 0 Å². The first kappa shape index (κ1) is 18.2. The van der Waals surface area contributed by atoms with E-state index in [0.717, 1.165) is 36.9 Å². The summed E-state index contributed by atoms with van der Waals surface area (Å²) in [5, 5.41) is 2.12. The summed E-state index contributed by atoms with van der Waals surface area (Å²) < 4.78 is 13.3. The molecular weight excluding hydrogens is 378 g/mol. The molecule has 1 unspecified atom stereocenters. The third-order valence-electron chi connectivity index (χ3n) is 5.44. The van der Waals surface area contributed by atoms with Gasteiger partial charge in [-0.3, -0.25) is 0 Å². The Bertz CT molecular complexity index is 704. The van der Waals surface area contributed by atoms with E-state index in [1.807, 2.05) is 24.3 Å². The van der Waals surface area contributed by atoms with Gasteiger partial charge in [-0.05, 0) is 54.6 Å². The molecule has 1 aromatic carbocycles. The first-order chi connectivity index (χ1) is 11.0. The zero-order valence-corrected chi connectivity index (χ0v) is 16.5. The van der Waals surface area contributed by atoms with Gasteiger partial charge in [0, 0.05) is 44.3 Å². The van der Waals surface area contributed by atoms with Crippen LogP contribution in [0.25, 0.3) is 5.43 Å². The van der Waals surface area contributed by atoms with Crippen LogP contribution < -0.4 is 5.73 Å². The van der Waals surface area contributed by atoms with Crippen molar-refractivity contribution < 1.29 is 37.1 Å². The molecule has 2 fully saturated rings. The Morgan fingerprint density at radius 2 is 1.83 bits per heavy atom. The van der Waals surface area contributed by atoms with Crippen LogP contribution in [-0.2, 0) is 32.7 Å². The zero-order chi connectivity index (χ0) is 16.2. The van der Waals surface area contributed by atoms with Crippen molar-refractivity contribution in [3.63, 3.8) is 0 Å². The first-order valence-electron chi connectivity index (χ1n) is 8.04. The van der Waals surface area contributed by atoms with Crippen LogP contribution >= 0.6 is 0 Å². The molecule has 3 aliphatic rings. The van der Waals surface area contributed by atoms with Crippen molar-refractivity contribution in [3.8, 4) is 0 Å². The van der Waals surface area contributed by atoms with E-state index in [1.165, 1.54) is 17.7 Å². The number of allylic oxidation sites excluding steroid dienone is 1. The minimum absolute atomic E-state index is 0. The van der Waals surface area contributed by atoms with E-state index in [9.17, 15) is 4.39 Å². The quantitative estimate of drug-likeness (QED) is 0.819. The Labute approximate surface area is 167 Å². The standard InChI is InChI=1S/C19H21FN3.Y/c1-3-13-9-10-23(22-19-11-18(19,21)12-19)17(16(13)4-2)14-5-7-15(20)8-6-14;/h3-8,17H,1-2,9-12,21H2;/q-1;. The van der Waals surface area contributed by atoms with E-state index in [-0.39, 0.29) is 55.6 Å². The number of rotatable bonds is 5. The van der Waals surface area contributed by atoms with Crippen molar-refractivity contribution in [3.05, 3.63) is 77.5 Å². The fraction of sp³-hybridized carbons (Fsp3) is 0.368. The average molecular weight is 399 g/mol. The second-order valence-corrected chi connectivity index (χ2v) is 6.90. The van der Waals surface area contributed by atoms with Gasteiger partial charge in [0.05, 0.1) is 0 Å². The molecule has 1 aliphatic heterocycles. The van der Waals surface area contributed by atoms with Gasteiger partial charge in [-0.15, -0.1) is 0 Å². The van der Waals surface area contributed by atoms with Crippen LogP contribution in [0.1, 0.15) is 30.9 Å². The van der Waals surface area contributed by atoms with Crippen LogP contribution in [0, 0.1) is 5.82 Å². The summed E-state index contributed by atoms with van der Waals surface area (Å²) in [5.41, 5.74) is 14.4. The van der Waals surface area contributed by atoms with Gasteiger partial charge < -0.3 is 16.2 Å². The van der Waals surface area contributed by atoms with Gasteiger partial charge in [-0.25, -0.2) is 4.39 Å². The molecule has 1 radical (unpaired) electrons. The summed E-state index contributed by atoms with van der Waals surface area (Å²) in [7, 11) is 0. The van der Waals surface area contributed by atoms with Gasteiger partial charge >= 0.3 is 0 Å². The number of nitrogens with two attached hydrogens (primary N) is 1. The summed E-state index contributed by atoms with van der Waals surface area (Å²) >= 11 is 0. The molecule has 0 saturated heterocycles. The van der Waals surface area contributed by atoms with Gasteiger partial charge in [-0.2, -0.15) is 0 Å². The molecule has 0 aromatic heterocycles. The topological polar surface area (TPSA) is 43.4 Å². The molecule has 1 atom stereocenters. The molecular formula is C19H21FN3Y-. The van der Waals surface area contributed by atoms with Gasteiger partial charge in [0.25, 0.3) is 0 Å². The first-order valence-corrected chi connectivity index (χ1v) is 8.04. The van der Waals surface area contributed by atoms with Crippen LogP contribution in [0.2, 0.25) is 0 Å². The summed E-state index contributed by atoms with van der Waals surface area (Å²) in [4.78, 5) is 0. The molecule has 123 valence electrons. The van der Waals surface area contributed by atoms with Crippen molar-refractivity contribution in [2.75, 3.05) is 6.54 Å². The molecule has 2 N–H and O–H groups in total. The minimum atomic E-state index is -0.231. The average Bonchev–Trinajstić information content (AvgIpc) is 3.31. The van der Waals surface area contributed by atoms with Gasteiger partial charge in [0.2, 0.25) is 0 Å². The minimum Gasteiger partial charge on any atom is -0.587 e. The molecule has 3 nitrogen and oxygen atoms in total. The van der Waals surface area contributed by atoms with Gasteiger partial charge in [-0.1, -0.05) is 43.0 Å². The maximum absolute atomic E-state index is 13.3. The summed E-state index contributed by atoms with van der Waals surface area (Å²) in [5.74, 6) is -0.231. The van der Waals surface area contributed by atoms with E-state index < -0.39 is 0 Å². The summed E-state index contributed by atoms with van der Waals surface area (Å²) in [6.07, 6.45) is 6.62. The molecule has 4 rings (SSSR count). The molecule has 2 saturated carbocycles. The second-order valence-electron chi connectivity index (χ2n) is 6.90. The van der Waals surface area contributed by atoms with Crippen LogP contribution in [0.4, 0.5) is 4.39 Å². The SMILES string of the molecule is C=CC1=C(C=C)C(c2ccc(F)cc2)N([N-]C23CC2(N)C3)CC1.[Y]. The van der Waals surface area contributed by atoms with Crippen molar-refractivity contribution in [2.45, 2.75) is 36.4 Å². The smallest absolute Gasteiger partial charge is 0.123 e. The Morgan fingerprint density at radius 1 is 1.21 bits per heavy atom. The van der Waals surface area contributed by atoms with E-state index in [4.69, 9.17) is 11.2 Å². The van der Waals surface area contributed by atoms with Crippen LogP contribution in [0.15, 0.2) is 60.7 Å². The fourth-order valence-corrected chi connectivity index (χ4v) is 3.73. The predicted molar refractivity (Wildman–Crippen MR) is 90.1 cm³/mol. The van der Waals surface area contributed by atoms with Crippen LogP contribution in [0.5, 0.6) is 0 Å². The van der Waals surface area contributed by atoms with E-state index in [1.54, 1.807) is 0 Å². The Hall–Kier alpha value is -0.646. The van der Waals surface area contributed by atoms with Crippen molar-refractivity contribution in [1.82, 2.24) is 5.01 Å². The summed E-state index contributed by atoms with van der Waals surface area (Å²) in [6.45, 7) is 8.71. The van der Waals surface area contributed by atoms with E-state index in [0.29, 0.717) is 0 Å². The third-order valence-corrected chi connectivity index (χ3v) is 5.44. The summed E-state index contributed by atoms with van der Waals surface area (Å²) in [6, 6.07) is 6.60. The Kier molecular flexibility index (Phi) is 4.73. The molecule has 24 heavy (non-hydrogen) atoms. The maximum atomic E-state index is 13.3. The maximum Gasteiger partial charge on any atom is 0.123 e. The van der Waals surface area contributed by atoms with Crippen molar-refractivity contribution in [1.29, 1.82) is 0 Å². The molecule has 2 aliphatic carbocycles. The fourth-order valence-electron chi connectivity index (χ4n) is 3.73. The largest absolute Gasteiger partial charge is 0.587 e. The Balaban J connectivity index is 0.00000169. The second kappa shape index (κ2) is 6.26. The van der Waals surface area contributed by atoms with Crippen molar-refractivity contribution >= 4 is 0 Å². The molecule has 0 amide bonds. The molecule has 0 spiro atoms. The number of nitrogens with zero attached hydrogens (tertiary/aromatic N) is 2. The number of halogens is 1. The predicted octanol–water partition coefficient (Wildman–Crippen LogP) is 3.77. The van der Waals surface area contributed by atoms with Gasteiger partial charge in [0.1, 0.15) is 5.82 Å². The van der Waals surface area contributed by atoms with Crippen LogP contribution in [-0.4, -0.2) is 22.6 Å². The Morgan fingerprint density at radius 3 is 2.33 bits per heavy atom. The molecule has 1 heterocycles.